The number of amides is 1. The lowest BCUT2D eigenvalue weighted by atomic mass is 9.82. The van der Waals surface area contributed by atoms with Crippen LogP contribution in [-0.4, -0.2) is 5.91 Å². The lowest BCUT2D eigenvalue weighted by Gasteiger charge is -2.29. The van der Waals surface area contributed by atoms with Gasteiger partial charge < -0.3 is 5.32 Å². The van der Waals surface area contributed by atoms with Gasteiger partial charge in [-0.3, -0.25) is 4.79 Å². The van der Waals surface area contributed by atoms with Crippen molar-refractivity contribution in [1.82, 2.24) is 0 Å². The summed E-state index contributed by atoms with van der Waals surface area (Å²) in [6.07, 6.45) is 0.386. The maximum Gasteiger partial charge on any atom is 0.225 e. The Labute approximate surface area is 134 Å². The molecule has 2 aromatic carbocycles. The van der Waals surface area contributed by atoms with Crippen molar-refractivity contribution in [2.24, 2.45) is 0 Å². The number of aryl methyl sites for hydroxylation is 2. The Morgan fingerprint density at radius 1 is 1.19 bits per heavy atom. The highest BCUT2D eigenvalue weighted by atomic mass is 35.5. The number of anilines is 1. The van der Waals surface area contributed by atoms with E-state index in [9.17, 15) is 4.79 Å². The molecule has 21 heavy (non-hydrogen) atoms. The maximum absolute atomic E-state index is 12.0. The minimum atomic E-state index is -0.0550. The third kappa shape index (κ3) is 2.54. The molecule has 0 saturated carbocycles. The average Bonchev–Trinajstić information content (AvgIpc) is 2.40. The summed E-state index contributed by atoms with van der Waals surface area (Å²) in [6.45, 7) is 4.09. The molecule has 0 aromatic heterocycles. The van der Waals surface area contributed by atoms with E-state index in [1.54, 1.807) is 6.07 Å². The molecule has 1 atom stereocenters. The van der Waals surface area contributed by atoms with Crippen LogP contribution in [0.15, 0.2) is 30.3 Å². The van der Waals surface area contributed by atoms with Crippen molar-refractivity contribution in [3.63, 3.8) is 0 Å². The molecule has 0 aliphatic carbocycles. The number of nitrogens with one attached hydrogen (secondary N) is 1. The summed E-state index contributed by atoms with van der Waals surface area (Å²) in [4.78, 5) is 12.0. The second-order valence-electron chi connectivity index (χ2n) is 5.49. The molecule has 108 valence electrons. The van der Waals surface area contributed by atoms with E-state index in [-0.39, 0.29) is 11.8 Å². The zero-order valence-corrected chi connectivity index (χ0v) is 13.3. The van der Waals surface area contributed by atoms with E-state index in [2.05, 4.69) is 18.3 Å². The van der Waals surface area contributed by atoms with E-state index in [1.807, 2.05) is 25.1 Å². The number of rotatable bonds is 1. The van der Waals surface area contributed by atoms with Gasteiger partial charge in [0.2, 0.25) is 5.91 Å². The number of carbonyl (C=O) groups is 1. The molecule has 0 saturated heterocycles. The molecule has 0 unspecified atom stereocenters. The first-order valence-corrected chi connectivity index (χ1v) is 7.58. The van der Waals surface area contributed by atoms with Crippen LogP contribution < -0.4 is 5.32 Å². The van der Waals surface area contributed by atoms with E-state index < -0.39 is 0 Å². The van der Waals surface area contributed by atoms with Gasteiger partial charge in [0, 0.05) is 18.0 Å². The van der Waals surface area contributed by atoms with E-state index >= 15 is 0 Å². The summed E-state index contributed by atoms with van der Waals surface area (Å²) in [7, 11) is 0. The first kappa shape index (κ1) is 14.4. The van der Waals surface area contributed by atoms with Crippen molar-refractivity contribution in [2.75, 3.05) is 5.32 Å². The van der Waals surface area contributed by atoms with Crippen LogP contribution in [0, 0.1) is 13.8 Å². The molecular formula is C17H15Cl2NO. The van der Waals surface area contributed by atoms with Crippen LogP contribution in [0.4, 0.5) is 5.69 Å². The Kier molecular flexibility index (Phi) is 3.68. The van der Waals surface area contributed by atoms with E-state index in [1.165, 1.54) is 0 Å². The van der Waals surface area contributed by atoms with Crippen LogP contribution in [0.2, 0.25) is 10.0 Å². The molecule has 2 aromatic rings. The summed E-state index contributed by atoms with van der Waals surface area (Å²) in [5.74, 6) is -0.0471. The molecule has 1 aliphatic heterocycles. The normalized spacial score (nSPS) is 17.3. The predicted octanol–water partition coefficient (Wildman–Crippen LogP) is 5.08. The number of benzene rings is 2. The monoisotopic (exact) mass is 319 g/mol. The third-order valence-corrected chi connectivity index (χ3v) is 4.73. The van der Waals surface area contributed by atoms with Crippen LogP contribution in [0.5, 0.6) is 0 Å². The fourth-order valence-electron chi connectivity index (χ4n) is 3.09. The van der Waals surface area contributed by atoms with E-state index in [4.69, 9.17) is 23.2 Å². The molecule has 3 rings (SSSR count). The van der Waals surface area contributed by atoms with Gasteiger partial charge in [0.25, 0.3) is 0 Å². The van der Waals surface area contributed by atoms with Crippen molar-refractivity contribution in [2.45, 2.75) is 26.2 Å². The van der Waals surface area contributed by atoms with E-state index in [0.29, 0.717) is 16.5 Å². The third-order valence-electron chi connectivity index (χ3n) is 3.90. The summed E-state index contributed by atoms with van der Waals surface area (Å²) < 4.78 is 0. The number of hydrogen-bond acceptors (Lipinski definition) is 1. The first-order valence-electron chi connectivity index (χ1n) is 6.82. The SMILES string of the molecule is Cc1cc(C)c2c(c1)NC(=O)C[C@@H]2c1cccc(Cl)c1Cl. The fourth-order valence-corrected chi connectivity index (χ4v) is 3.53. The average molecular weight is 320 g/mol. The zero-order valence-electron chi connectivity index (χ0n) is 11.8. The zero-order chi connectivity index (χ0) is 15.1. The van der Waals surface area contributed by atoms with Crippen LogP contribution in [0.1, 0.15) is 34.6 Å². The van der Waals surface area contributed by atoms with Gasteiger partial charge in [0.05, 0.1) is 10.0 Å². The Balaban J connectivity index is 2.22. The lowest BCUT2D eigenvalue weighted by Crippen LogP contribution is -2.24. The van der Waals surface area contributed by atoms with Gasteiger partial charge in [-0.1, -0.05) is 41.4 Å². The second kappa shape index (κ2) is 5.36. The highest BCUT2D eigenvalue weighted by molar-refractivity contribution is 6.42. The Morgan fingerprint density at radius 2 is 1.95 bits per heavy atom. The van der Waals surface area contributed by atoms with Crippen LogP contribution >= 0.6 is 23.2 Å². The number of fused-ring (bicyclic) bond motifs is 1. The highest BCUT2D eigenvalue weighted by Crippen LogP contribution is 2.43. The Morgan fingerprint density at radius 3 is 2.71 bits per heavy atom. The molecule has 2 nitrogen and oxygen atoms in total. The minimum Gasteiger partial charge on any atom is -0.326 e. The van der Waals surface area contributed by atoms with Crippen LogP contribution in [0.25, 0.3) is 0 Å². The maximum atomic E-state index is 12.0. The van der Waals surface area contributed by atoms with Crippen molar-refractivity contribution >= 4 is 34.8 Å². The molecule has 4 heteroatoms. The fraction of sp³-hybridized carbons (Fsp3) is 0.235. The smallest absolute Gasteiger partial charge is 0.225 e. The van der Waals surface area contributed by atoms with Gasteiger partial charge >= 0.3 is 0 Å². The highest BCUT2D eigenvalue weighted by Gasteiger charge is 2.29. The molecule has 0 fully saturated rings. The predicted molar refractivity (Wildman–Crippen MR) is 87.5 cm³/mol. The summed E-state index contributed by atoms with van der Waals surface area (Å²) >= 11 is 12.5. The van der Waals surface area contributed by atoms with Gasteiger partial charge in [-0.25, -0.2) is 0 Å². The topological polar surface area (TPSA) is 29.1 Å². The molecule has 1 amide bonds. The van der Waals surface area contributed by atoms with Gasteiger partial charge in [-0.2, -0.15) is 0 Å². The van der Waals surface area contributed by atoms with Gasteiger partial charge in [-0.15, -0.1) is 0 Å². The molecule has 1 N–H and O–H groups in total. The van der Waals surface area contributed by atoms with Gasteiger partial charge in [0.1, 0.15) is 0 Å². The van der Waals surface area contributed by atoms with Gasteiger partial charge in [0.15, 0.2) is 0 Å². The molecule has 0 radical (unpaired) electrons. The van der Waals surface area contributed by atoms with Crippen molar-refractivity contribution in [3.05, 3.63) is 62.6 Å². The van der Waals surface area contributed by atoms with Crippen molar-refractivity contribution in [1.29, 1.82) is 0 Å². The second-order valence-corrected chi connectivity index (χ2v) is 6.28. The minimum absolute atomic E-state index is 0.00791. The largest absolute Gasteiger partial charge is 0.326 e. The first-order chi connectivity index (χ1) is 9.97. The molecular weight excluding hydrogens is 305 g/mol. The Hall–Kier alpha value is -1.51. The molecule has 0 bridgehead atoms. The van der Waals surface area contributed by atoms with Crippen molar-refractivity contribution in [3.8, 4) is 0 Å². The summed E-state index contributed by atoms with van der Waals surface area (Å²) in [6, 6.07) is 9.71. The standard InChI is InChI=1S/C17H15Cl2NO/c1-9-6-10(2)16-12(8-15(21)20-14(16)7-9)11-4-3-5-13(18)17(11)19/h3-7,12H,8H2,1-2H3,(H,20,21)/t12-/m1/s1. The summed E-state index contributed by atoms with van der Waals surface area (Å²) in [5.41, 5.74) is 5.21. The number of carbonyl (C=O) groups excluding carboxylic acids is 1. The summed E-state index contributed by atoms with van der Waals surface area (Å²) in [5, 5.41) is 4.01. The number of hydrogen-bond donors (Lipinski definition) is 1. The van der Waals surface area contributed by atoms with Crippen LogP contribution in [0.3, 0.4) is 0 Å². The quantitative estimate of drug-likeness (QED) is 0.779. The van der Waals surface area contributed by atoms with Crippen LogP contribution in [-0.2, 0) is 4.79 Å². The molecule has 0 spiro atoms. The van der Waals surface area contributed by atoms with Crippen molar-refractivity contribution < 1.29 is 4.79 Å². The number of halogens is 2. The Bertz CT molecular complexity index is 740. The lowest BCUT2D eigenvalue weighted by molar-refractivity contribution is -0.116. The van der Waals surface area contributed by atoms with Gasteiger partial charge in [-0.05, 0) is 48.2 Å². The van der Waals surface area contributed by atoms with E-state index in [0.717, 1.165) is 27.9 Å². The molecule has 1 aliphatic rings. The molecule has 1 heterocycles.